The fourth-order valence-electron chi connectivity index (χ4n) is 2.62. The number of phenolic OH excluding ortho intramolecular Hbond substituents is 1. The van der Waals surface area contributed by atoms with E-state index in [0.29, 0.717) is 11.8 Å². The maximum Gasteiger partial charge on any atom is 0.115 e. The number of hydrogen-bond donors (Lipinski definition) is 2. The predicted octanol–water partition coefficient (Wildman–Crippen LogP) is 2.21. The first-order chi connectivity index (χ1) is 8.65. The zero-order valence-corrected chi connectivity index (χ0v) is 11.4. The molecule has 0 spiro atoms. The van der Waals surface area contributed by atoms with Gasteiger partial charge >= 0.3 is 0 Å². The second kappa shape index (κ2) is 6.21. The maximum atomic E-state index is 9.31. The summed E-state index contributed by atoms with van der Waals surface area (Å²) in [6, 6.07) is 8.21. The lowest BCUT2D eigenvalue weighted by Gasteiger charge is -2.37. The Morgan fingerprint density at radius 2 is 2.06 bits per heavy atom. The van der Waals surface area contributed by atoms with Crippen molar-refractivity contribution in [1.82, 2.24) is 10.2 Å². The lowest BCUT2D eigenvalue weighted by molar-refractivity contribution is 0.134. The van der Waals surface area contributed by atoms with E-state index in [9.17, 15) is 5.11 Å². The number of hydrogen-bond acceptors (Lipinski definition) is 3. The van der Waals surface area contributed by atoms with Gasteiger partial charge in [0.1, 0.15) is 5.75 Å². The van der Waals surface area contributed by atoms with Gasteiger partial charge in [0.25, 0.3) is 0 Å². The largest absolute Gasteiger partial charge is 0.508 e. The molecule has 1 unspecified atom stereocenters. The maximum absolute atomic E-state index is 9.31. The number of benzene rings is 1. The van der Waals surface area contributed by atoms with E-state index in [2.05, 4.69) is 24.1 Å². The van der Waals surface area contributed by atoms with E-state index in [0.717, 1.165) is 32.1 Å². The van der Waals surface area contributed by atoms with Crippen molar-refractivity contribution in [3.63, 3.8) is 0 Å². The minimum Gasteiger partial charge on any atom is -0.508 e. The van der Waals surface area contributed by atoms with E-state index in [-0.39, 0.29) is 0 Å². The number of aromatic hydroxyl groups is 1. The number of phenols is 1. The van der Waals surface area contributed by atoms with Crippen LogP contribution >= 0.6 is 0 Å². The summed E-state index contributed by atoms with van der Waals surface area (Å²) < 4.78 is 0. The van der Waals surface area contributed by atoms with Gasteiger partial charge < -0.3 is 10.4 Å². The standard InChI is InChI=1S/C15H24N2O/c1-12(2)9-14-10-16-7-8-17(14)11-13-3-5-15(18)6-4-13/h3-6,12,14,16,18H,7-11H2,1-2H3. The van der Waals surface area contributed by atoms with Crippen LogP contribution in [0.2, 0.25) is 0 Å². The Morgan fingerprint density at radius 1 is 1.33 bits per heavy atom. The number of piperazine rings is 1. The Balaban J connectivity index is 1.98. The highest BCUT2D eigenvalue weighted by molar-refractivity contribution is 5.25. The molecule has 1 aliphatic rings. The Labute approximate surface area is 110 Å². The van der Waals surface area contributed by atoms with Crippen LogP contribution in [0.5, 0.6) is 5.75 Å². The number of nitrogens with zero attached hydrogens (tertiary/aromatic N) is 1. The summed E-state index contributed by atoms with van der Waals surface area (Å²) >= 11 is 0. The Bertz CT molecular complexity index is 361. The molecule has 2 N–H and O–H groups in total. The summed E-state index contributed by atoms with van der Waals surface area (Å²) in [6.45, 7) is 8.83. The molecule has 3 heteroatoms. The zero-order chi connectivity index (χ0) is 13.0. The minimum atomic E-state index is 0.345. The molecule has 1 atom stereocenters. The van der Waals surface area contributed by atoms with Gasteiger partial charge in [-0.2, -0.15) is 0 Å². The van der Waals surface area contributed by atoms with E-state index < -0.39 is 0 Å². The van der Waals surface area contributed by atoms with Crippen LogP contribution in [-0.4, -0.2) is 35.7 Å². The molecule has 1 heterocycles. The van der Waals surface area contributed by atoms with Gasteiger partial charge in [-0.05, 0) is 30.0 Å². The van der Waals surface area contributed by atoms with Crippen LogP contribution in [-0.2, 0) is 6.54 Å². The highest BCUT2D eigenvalue weighted by atomic mass is 16.3. The Kier molecular flexibility index (Phi) is 4.61. The third-order valence-electron chi connectivity index (χ3n) is 3.54. The van der Waals surface area contributed by atoms with E-state index in [1.165, 1.54) is 12.0 Å². The quantitative estimate of drug-likeness (QED) is 0.857. The molecule has 1 aromatic carbocycles. The predicted molar refractivity (Wildman–Crippen MR) is 74.6 cm³/mol. The Hall–Kier alpha value is -1.06. The summed E-state index contributed by atoms with van der Waals surface area (Å²) in [5.41, 5.74) is 1.28. The molecule has 3 nitrogen and oxygen atoms in total. The topological polar surface area (TPSA) is 35.5 Å². The van der Waals surface area contributed by atoms with Gasteiger partial charge in [-0.3, -0.25) is 4.90 Å². The molecular weight excluding hydrogens is 224 g/mol. The van der Waals surface area contributed by atoms with Crippen LogP contribution in [0, 0.1) is 5.92 Å². The van der Waals surface area contributed by atoms with E-state index in [4.69, 9.17) is 0 Å². The van der Waals surface area contributed by atoms with Crippen molar-refractivity contribution in [1.29, 1.82) is 0 Å². The van der Waals surface area contributed by atoms with Gasteiger partial charge in [0.2, 0.25) is 0 Å². The van der Waals surface area contributed by atoms with Gasteiger partial charge in [0.05, 0.1) is 0 Å². The first-order valence-corrected chi connectivity index (χ1v) is 6.88. The molecule has 1 aromatic rings. The molecule has 0 radical (unpaired) electrons. The van der Waals surface area contributed by atoms with Crippen molar-refractivity contribution in [3.8, 4) is 5.75 Å². The minimum absolute atomic E-state index is 0.345. The molecule has 0 amide bonds. The molecule has 1 aliphatic heterocycles. The van der Waals surface area contributed by atoms with Crippen LogP contribution in [0.3, 0.4) is 0 Å². The molecule has 2 rings (SSSR count). The van der Waals surface area contributed by atoms with Gasteiger partial charge in [0.15, 0.2) is 0 Å². The average Bonchev–Trinajstić information content (AvgIpc) is 2.34. The zero-order valence-electron chi connectivity index (χ0n) is 11.4. The highest BCUT2D eigenvalue weighted by Gasteiger charge is 2.22. The van der Waals surface area contributed by atoms with Crippen molar-refractivity contribution in [2.75, 3.05) is 19.6 Å². The summed E-state index contributed by atoms with van der Waals surface area (Å²) in [4.78, 5) is 2.56. The highest BCUT2D eigenvalue weighted by Crippen LogP contribution is 2.18. The summed E-state index contributed by atoms with van der Waals surface area (Å²) in [6.07, 6.45) is 1.24. The van der Waals surface area contributed by atoms with Crippen molar-refractivity contribution in [2.45, 2.75) is 32.9 Å². The smallest absolute Gasteiger partial charge is 0.115 e. The fraction of sp³-hybridized carbons (Fsp3) is 0.600. The summed E-state index contributed by atoms with van der Waals surface area (Å²) in [7, 11) is 0. The molecule has 0 aromatic heterocycles. The third-order valence-corrected chi connectivity index (χ3v) is 3.54. The van der Waals surface area contributed by atoms with Gasteiger partial charge in [-0.1, -0.05) is 26.0 Å². The van der Waals surface area contributed by atoms with Gasteiger partial charge in [-0.25, -0.2) is 0 Å². The second-order valence-corrected chi connectivity index (χ2v) is 5.62. The van der Waals surface area contributed by atoms with Crippen molar-refractivity contribution >= 4 is 0 Å². The molecule has 100 valence electrons. The van der Waals surface area contributed by atoms with Crippen molar-refractivity contribution < 1.29 is 5.11 Å². The number of nitrogens with one attached hydrogen (secondary N) is 1. The van der Waals surface area contributed by atoms with E-state index >= 15 is 0 Å². The molecule has 18 heavy (non-hydrogen) atoms. The third kappa shape index (κ3) is 3.72. The second-order valence-electron chi connectivity index (χ2n) is 5.62. The molecule has 0 saturated carbocycles. The molecule has 0 bridgehead atoms. The molecular formula is C15H24N2O. The molecule has 0 aliphatic carbocycles. The molecule has 1 saturated heterocycles. The van der Waals surface area contributed by atoms with E-state index in [1.807, 2.05) is 12.1 Å². The normalized spacial score (nSPS) is 21.4. The average molecular weight is 248 g/mol. The van der Waals surface area contributed by atoms with Crippen molar-refractivity contribution in [2.24, 2.45) is 5.92 Å². The molecule has 1 fully saturated rings. The lowest BCUT2D eigenvalue weighted by atomic mass is 10.00. The Morgan fingerprint density at radius 3 is 2.72 bits per heavy atom. The van der Waals surface area contributed by atoms with Crippen LogP contribution in [0.4, 0.5) is 0 Å². The fourth-order valence-corrected chi connectivity index (χ4v) is 2.62. The van der Waals surface area contributed by atoms with Crippen LogP contribution < -0.4 is 5.32 Å². The van der Waals surface area contributed by atoms with Crippen LogP contribution in [0.25, 0.3) is 0 Å². The first kappa shape index (κ1) is 13.4. The van der Waals surface area contributed by atoms with E-state index in [1.54, 1.807) is 12.1 Å². The van der Waals surface area contributed by atoms with Gasteiger partial charge in [-0.15, -0.1) is 0 Å². The van der Waals surface area contributed by atoms with Crippen molar-refractivity contribution in [3.05, 3.63) is 29.8 Å². The monoisotopic (exact) mass is 248 g/mol. The van der Waals surface area contributed by atoms with Crippen LogP contribution in [0.1, 0.15) is 25.8 Å². The van der Waals surface area contributed by atoms with Gasteiger partial charge in [0, 0.05) is 32.2 Å². The summed E-state index contributed by atoms with van der Waals surface area (Å²) in [5.74, 6) is 1.08. The van der Waals surface area contributed by atoms with Crippen LogP contribution in [0.15, 0.2) is 24.3 Å². The SMILES string of the molecule is CC(C)CC1CNCCN1Cc1ccc(O)cc1. The first-order valence-electron chi connectivity index (χ1n) is 6.88. The summed E-state index contributed by atoms with van der Waals surface area (Å²) in [5, 5.41) is 12.8. The number of rotatable bonds is 4. The lowest BCUT2D eigenvalue weighted by Crippen LogP contribution is -2.51.